The molecule has 0 aliphatic heterocycles. The number of nitrogens with zero attached hydrogens (tertiary/aromatic N) is 5. The molecule has 92 valence electrons. The number of hydrogen-bond acceptors (Lipinski definition) is 6. The molecule has 0 amide bonds. The lowest BCUT2D eigenvalue weighted by Gasteiger charge is -2.15. The van der Waals surface area contributed by atoms with Crippen LogP contribution in [-0.2, 0) is 6.54 Å². The zero-order chi connectivity index (χ0) is 12.1. The molecule has 0 saturated carbocycles. The second-order valence-corrected chi connectivity index (χ2v) is 4.26. The smallest absolute Gasteiger partial charge is 0.0974 e. The average molecular weight is 252 g/mol. The van der Waals surface area contributed by atoms with E-state index in [0.717, 1.165) is 30.9 Å². The predicted octanol–water partition coefficient (Wildman–Crippen LogP) is 1.24. The van der Waals surface area contributed by atoms with Crippen molar-refractivity contribution in [2.24, 2.45) is 0 Å². The van der Waals surface area contributed by atoms with E-state index in [1.165, 1.54) is 11.7 Å². The summed E-state index contributed by atoms with van der Waals surface area (Å²) in [4.78, 5) is 0. The van der Waals surface area contributed by atoms with Crippen LogP contribution < -0.4 is 5.32 Å². The molecule has 7 heteroatoms. The number of nitrogens with one attached hydrogen (secondary N) is 1. The highest BCUT2D eigenvalue weighted by atomic mass is 32.1. The van der Waals surface area contributed by atoms with Gasteiger partial charge in [-0.2, -0.15) is 8.75 Å². The quantitative estimate of drug-likeness (QED) is 0.837. The van der Waals surface area contributed by atoms with Gasteiger partial charge in [0.1, 0.15) is 0 Å². The molecule has 1 unspecified atom stereocenters. The minimum Gasteiger partial charge on any atom is -0.304 e. The van der Waals surface area contributed by atoms with Crippen LogP contribution in [0, 0.1) is 0 Å². The van der Waals surface area contributed by atoms with Crippen LogP contribution in [0.25, 0.3) is 0 Å². The van der Waals surface area contributed by atoms with E-state index in [2.05, 4.69) is 38.2 Å². The Labute approximate surface area is 104 Å². The van der Waals surface area contributed by atoms with Crippen molar-refractivity contribution in [1.29, 1.82) is 0 Å². The van der Waals surface area contributed by atoms with Crippen molar-refractivity contribution in [3.05, 3.63) is 23.8 Å². The summed E-state index contributed by atoms with van der Waals surface area (Å²) in [7, 11) is 0. The van der Waals surface area contributed by atoms with E-state index < -0.39 is 0 Å². The van der Waals surface area contributed by atoms with Crippen molar-refractivity contribution in [2.75, 3.05) is 6.54 Å². The van der Waals surface area contributed by atoms with Crippen molar-refractivity contribution in [1.82, 2.24) is 29.1 Å². The molecule has 2 rings (SSSR count). The number of hydrogen-bond donors (Lipinski definition) is 1. The molecule has 0 bridgehead atoms. The molecule has 2 heterocycles. The Morgan fingerprint density at radius 1 is 1.41 bits per heavy atom. The predicted molar refractivity (Wildman–Crippen MR) is 65.7 cm³/mol. The zero-order valence-electron chi connectivity index (χ0n) is 10.00. The van der Waals surface area contributed by atoms with E-state index in [4.69, 9.17) is 0 Å². The van der Waals surface area contributed by atoms with E-state index in [1.807, 2.05) is 4.68 Å². The Kier molecular flexibility index (Phi) is 4.16. The first-order valence-electron chi connectivity index (χ1n) is 5.76. The van der Waals surface area contributed by atoms with Gasteiger partial charge in [0.15, 0.2) is 0 Å². The standard InChI is InChI=1S/C10H16N6S/c1-3-5-16-9(7-12-15-16)10(11-4-2)8-6-13-17-14-8/h6-7,10-11H,3-5H2,1-2H3. The fourth-order valence-electron chi connectivity index (χ4n) is 1.74. The summed E-state index contributed by atoms with van der Waals surface area (Å²) >= 11 is 1.22. The molecule has 1 N–H and O–H groups in total. The molecule has 6 nitrogen and oxygen atoms in total. The van der Waals surface area contributed by atoms with E-state index in [0.29, 0.717) is 0 Å². The van der Waals surface area contributed by atoms with Crippen LogP contribution >= 0.6 is 11.7 Å². The van der Waals surface area contributed by atoms with Crippen LogP contribution in [0.5, 0.6) is 0 Å². The first-order chi connectivity index (χ1) is 8.36. The second-order valence-electron chi connectivity index (χ2n) is 3.71. The average Bonchev–Trinajstić information content (AvgIpc) is 2.97. The van der Waals surface area contributed by atoms with Crippen LogP contribution in [-0.4, -0.2) is 30.3 Å². The largest absolute Gasteiger partial charge is 0.304 e. The van der Waals surface area contributed by atoms with Crippen LogP contribution in [0.3, 0.4) is 0 Å². The molecule has 17 heavy (non-hydrogen) atoms. The molecule has 0 spiro atoms. The molecule has 2 aromatic heterocycles. The molecular formula is C10H16N6S. The van der Waals surface area contributed by atoms with Crippen molar-refractivity contribution < 1.29 is 0 Å². The lowest BCUT2D eigenvalue weighted by atomic mass is 10.1. The summed E-state index contributed by atoms with van der Waals surface area (Å²) in [5.74, 6) is 0. The van der Waals surface area contributed by atoms with Gasteiger partial charge >= 0.3 is 0 Å². The lowest BCUT2D eigenvalue weighted by molar-refractivity contribution is 0.508. The molecule has 0 aromatic carbocycles. The summed E-state index contributed by atoms with van der Waals surface area (Å²) in [5, 5.41) is 11.5. The van der Waals surface area contributed by atoms with Gasteiger partial charge in [-0.15, -0.1) is 5.10 Å². The van der Waals surface area contributed by atoms with Crippen molar-refractivity contribution in [3.63, 3.8) is 0 Å². The summed E-state index contributed by atoms with van der Waals surface area (Å²) in [5.41, 5.74) is 1.97. The fourth-order valence-corrected chi connectivity index (χ4v) is 2.19. The Morgan fingerprint density at radius 3 is 2.94 bits per heavy atom. The molecule has 0 aliphatic rings. The molecular weight excluding hydrogens is 236 g/mol. The third-order valence-electron chi connectivity index (χ3n) is 2.46. The van der Waals surface area contributed by atoms with Crippen LogP contribution in [0.2, 0.25) is 0 Å². The Bertz CT molecular complexity index is 437. The third kappa shape index (κ3) is 2.67. The highest BCUT2D eigenvalue weighted by Crippen LogP contribution is 2.19. The van der Waals surface area contributed by atoms with Gasteiger partial charge in [-0.1, -0.05) is 19.1 Å². The maximum absolute atomic E-state index is 4.29. The maximum Gasteiger partial charge on any atom is 0.0974 e. The van der Waals surface area contributed by atoms with Gasteiger partial charge in [0.05, 0.1) is 41.6 Å². The molecule has 0 aliphatic carbocycles. The first kappa shape index (κ1) is 12.1. The van der Waals surface area contributed by atoms with Crippen molar-refractivity contribution >= 4 is 11.7 Å². The lowest BCUT2D eigenvalue weighted by Crippen LogP contribution is -2.25. The van der Waals surface area contributed by atoms with Crippen molar-refractivity contribution in [2.45, 2.75) is 32.9 Å². The molecule has 0 radical (unpaired) electrons. The summed E-state index contributed by atoms with van der Waals surface area (Å²) in [6, 6.07) is 0.0281. The van der Waals surface area contributed by atoms with Crippen molar-refractivity contribution in [3.8, 4) is 0 Å². The third-order valence-corrected chi connectivity index (χ3v) is 2.95. The minimum atomic E-state index is 0.0281. The van der Waals surface area contributed by atoms with Gasteiger partial charge in [0.25, 0.3) is 0 Å². The number of rotatable bonds is 6. The van der Waals surface area contributed by atoms with Gasteiger partial charge in [-0.05, 0) is 13.0 Å². The highest BCUT2D eigenvalue weighted by molar-refractivity contribution is 6.99. The highest BCUT2D eigenvalue weighted by Gasteiger charge is 2.20. The zero-order valence-corrected chi connectivity index (χ0v) is 10.8. The Balaban J connectivity index is 2.29. The molecule has 2 aromatic rings. The van der Waals surface area contributed by atoms with Crippen LogP contribution in [0.4, 0.5) is 0 Å². The normalized spacial score (nSPS) is 12.8. The second kappa shape index (κ2) is 5.83. The monoisotopic (exact) mass is 252 g/mol. The molecule has 0 saturated heterocycles. The number of aryl methyl sites for hydroxylation is 1. The minimum absolute atomic E-state index is 0.0281. The van der Waals surface area contributed by atoms with Crippen LogP contribution in [0.15, 0.2) is 12.4 Å². The summed E-state index contributed by atoms with van der Waals surface area (Å²) in [6.07, 6.45) is 4.62. The topological polar surface area (TPSA) is 68.5 Å². The van der Waals surface area contributed by atoms with E-state index in [9.17, 15) is 0 Å². The molecule has 1 atom stereocenters. The first-order valence-corrected chi connectivity index (χ1v) is 6.49. The van der Waals surface area contributed by atoms with Gasteiger partial charge < -0.3 is 5.32 Å². The number of aromatic nitrogens is 5. The van der Waals surface area contributed by atoms with E-state index in [1.54, 1.807) is 12.4 Å². The Hall–Kier alpha value is -1.34. The van der Waals surface area contributed by atoms with Gasteiger partial charge in [0.2, 0.25) is 0 Å². The maximum atomic E-state index is 4.29. The van der Waals surface area contributed by atoms with Crippen LogP contribution in [0.1, 0.15) is 37.7 Å². The summed E-state index contributed by atoms with van der Waals surface area (Å²) in [6.45, 7) is 5.92. The van der Waals surface area contributed by atoms with Gasteiger partial charge in [-0.3, -0.25) is 0 Å². The Morgan fingerprint density at radius 2 is 2.29 bits per heavy atom. The van der Waals surface area contributed by atoms with E-state index >= 15 is 0 Å². The van der Waals surface area contributed by atoms with Gasteiger partial charge in [-0.25, -0.2) is 4.68 Å². The summed E-state index contributed by atoms with van der Waals surface area (Å²) < 4.78 is 10.3. The van der Waals surface area contributed by atoms with E-state index in [-0.39, 0.29) is 6.04 Å². The fraction of sp³-hybridized carbons (Fsp3) is 0.600. The molecule has 0 fully saturated rings. The SMILES string of the molecule is CCCn1nncc1C(NCC)c1cnsn1. The van der Waals surface area contributed by atoms with Gasteiger partial charge in [0, 0.05) is 6.54 Å².